The van der Waals surface area contributed by atoms with Crippen LogP contribution in [0.3, 0.4) is 0 Å². The Balaban J connectivity index is 1.40. The molecule has 2 atom stereocenters. The molecule has 0 saturated carbocycles. The van der Waals surface area contributed by atoms with E-state index in [1.807, 2.05) is 28.0 Å². The molecule has 6 nitrogen and oxygen atoms in total. The van der Waals surface area contributed by atoms with E-state index in [1.165, 1.54) is 11.1 Å². The fourth-order valence-corrected chi connectivity index (χ4v) is 3.70. The molecule has 1 N–H and O–H groups in total. The lowest BCUT2D eigenvalue weighted by Gasteiger charge is -2.33. The van der Waals surface area contributed by atoms with Gasteiger partial charge in [-0.15, -0.1) is 0 Å². The smallest absolute Gasteiger partial charge is 0.318 e. The maximum absolute atomic E-state index is 12.7. The third-order valence-corrected chi connectivity index (χ3v) is 5.13. The van der Waals surface area contributed by atoms with E-state index in [1.54, 1.807) is 0 Å². The van der Waals surface area contributed by atoms with Gasteiger partial charge in [0.05, 0.1) is 25.4 Å². The van der Waals surface area contributed by atoms with Crippen LogP contribution in [0.4, 0.5) is 4.79 Å². The van der Waals surface area contributed by atoms with Gasteiger partial charge in [0, 0.05) is 24.8 Å². The number of hydrogen-bond acceptors (Lipinski definition) is 3. The van der Waals surface area contributed by atoms with Gasteiger partial charge in [0.1, 0.15) is 6.10 Å². The Morgan fingerprint density at radius 3 is 3.12 bits per heavy atom. The fraction of sp³-hybridized carbons (Fsp3) is 0.474. The monoisotopic (exact) mass is 340 g/mol. The average Bonchev–Trinajstić information content (AvgIpc) is 3.29. The average molecular weight is 340 g/mol. The first-order valence-electron chi connectivity index (χ1n) is 9.02. The Morgan fingerprint density at radius 1 is 1.40 bits per heavy atom. The van der Waals surface area contributed by atoms with Gasteiger partial charge in [-0.05, 0) is 30.9 Å². The number of morpholine rings is 1. The molecule has 1 aliphatic carbocycles. The van der Waals surface area contributed by atoms with E-state index in [2.05, 4.69) is 35.5 Å². The molecule has 2 unspecified atom stereocenters. The Morgan fingerprint density at radius 2 is 2.28 bits per heavy atom. The molecule has 1 fully saturated rings. The molecular weight excluding hydrogens is 316 g/mol. The van der Waals surface area contributed by atoms with Crippen LogP contribution in [0.5, 0.6) is 0 Å². The normalized spacial score (nSPS) is 22.7. The summed E-state index contributed by atoms with van der Waals surface area (Å²) in [7, 11) is 0. The first-order chi connectivity index (χ1) is 12.2. The second-order valence-electron chi connectivity index (χ2n) is 6.67. The highest BCUT2D eigenvalue weighted by Crippen LogP contribution is 2.31. The third kappa shape index (κ3) is 3.26. The second kappa shape index (κ2) is 6.88. The number of carbonyl (C=O) groups is 1. The Kier molecular flexibility index (Phi) is 4.44. The van der Waals surface area contributed by atoms with Crippen LogP contribution in [0.2, 0.25) is 0 Å². The van der Waals surface area contributed by atoms with Crippen LogP contribution < -0.4 is 5.32 Å². The summed E-state index contributed by atoms with van der Waals surface area (Å²) in [5.74, 6) is 0. The number of benzene rings is 1. The van der Waals surface area contributed by atoms with Crippen LogP contribution in [0.15, 0.2) is 36.7 Å². The van der Waals surface area contributed by atoms with E-state index in [-0.39, 0.29) is 18.2 Å². The fourth-order valence-electron chi connectivity index (χ4n) is 3.70. The van der Waals surface area contributed by atoms with Crippen LogP contribution in [-0.4, -0.2) is 40.4 Å². The van der Waals surface area contributed by atoms with Crippen molar-refractivity contribution in [3.05, 3.63) is 53.3 Å². The molecule has 1 aliphatic heterocycles. The van der Waals surface area contributed by atoms with Crippen molar-refractivity contribution in [2.75, 3.05) is 19.7 Å². The number of fused-ring (bicyclic) bond motifs is 1. The van der Waals surface area contributed by atoms with Crippen molar-refractivity contribution in [1.29, 1.82) is 0 Å². The van der Waals surface area contributed by atoms with Gasteiger partial charge >= 0.3 is 6.03 Å². The Hall–Kier alpha value is -2.34. The largest absolute Gasteiger partial charge is 0.370 e. The van der Waals surface area contributed by atoms with Crippen LogP contribution in [0.1, 0.15) is 42.2 Å². The molecule has 0 bridgehead atoms. The highest BCUT2D eigenvalue weighted by atomic mass is 16.5. The van der Waals surface area contributed by atoms with E-state index in [9.17, 15) is 4.79 Å². The summed E-state index contributed by atoms with van der Waals surface area (Å²) in [6, 6.07) is 8.49. The SMILES string of the molecule is CCn1cc(C2CN(C(=O)NC3CCc4ccccc43)CCO2)cn1. The summed E-state index contributed by atoms with van der Waals surface area (Å²) >= 11 is 0. The van der Waals surface area contributed by atoms with Gasteiger partial charge in [-0.25, -0.2) is 4.79 Å². The minimum atomic E-state index is -0.101. The van der Waals surface area contributed by atoms with Crippen molar-refractivity contribution in [3.8, 4) is 0 Å². The number of amides is 2. The molecule has 0 spiro atoms. The van der Waals surface area contributed by atoms with Crippen molar-refractivity contribution in [3.63, 3.8) is 0 Å². The van der Waals surface area contributed by atoms with Crippen molar-refractivity contribution in [1.82, 2.24) is 20.0 Å². The number of ether oxygens (including phenoxy) is 1. The van der Waals surface area contributed by atoms with Gasteiger partial charge in [-0.1, -0.05) is 24.3 Å². The standard InChI is InChI=1S/C19H24N4O2/c1-2-23-12-15(11-20-23)18-13-22(9-10-25-18)19(24)21-17-8-7-14-5-3-4-6-16(14)17/h3-6,11-12,17-18H,2,7-10,13H2,1H3,(H,21,24). The second-order valence-corrected chi connectivity index (χ2v) is 6.67. The van der Waals surface area contributed by atoms with Crippen LogP contribution in [-0.2, 0) is 17.7 Å². The molecule has 4 rings (SSSR count). The zero-order valence-corrected chi connectivity index (χ0v) is 14.5. The van der Waals surface area contributed by atoms with Crippen LogP contribution in [0, 0.1) is 0 Å². The molecule has 1 aromatic heterocycles. The molecule has 132 valence electrons. The van der Waals surface area contributed by atoms with Crippen molar-refractivity contribution >= 4 is 6.03 Å². The van der Waals surface area contributed by atoms with Gasteiger partial charge in [0.2, 0.25) is 0 Å². The zero-order chi connectivity index (χ0) is 17.2. The maximum atomic E-state index is 12.7. The van der Waals surface area contributed by atoms with Gasteiger partial charge in [-0.2, -0.15) is 5.10 Å². The predicted molar refractivity (Wildman–Crippen MR) is 94.2 cm³/mol. The molecule has 2 amide bonds. The van der Waals surface area contributed by atoms with Crippen molar-refractivity contribution < 1.29 is 9.53 Å². The number of nitrogens with one attached hydrogen (secondary N) is 1. The molecule has 2 aliphatic rings. The van der Waals surface area contributed by atoms with E-state index >= 15 is 0 Å². The summed E-state index contributed by atoms with van der Waals surface area (Å²) in [5, 5.41) is 7.51. The lowest BCUT2D eigenvalue weighted by atomic mass is 10.1. The van der Waals surface area contributed by atoms with Gasteiger partial charge in [0.25, 0.3) is 0 Å². The lowest BCUT2D eigenvalue weighted by molar-refractivity contribution is -0.0158. The van der Waals surface area contributed by atoms with E-state index in [4.69, 9.17) is 4.74 Å². The zero-order valence-electron chi connectivity index (χ0n) is 14.5. The highest BCUT2D eigenvalue weighted by Gasteiger charge is 2.29. The number of rotatable bonds is 3. The lowest BCUT2D eigenvalue weighted by Crippen LogP contribution is -2.47. The maximum Gasteiger partial charge on any atom is 0.318 e. The third-order valence-electron chi connectivity index (χ3n) is 5.13. The van der Waals surface area contributed by atoms with E-state index in [0.717, 1.165) is 24.9 Å². The van der Waals surface area contributed by atoms with E-state index in [0.29, 0.717) is 19.7 Å². The number of hydrogen-bond donors (Lipinski definition) is 1. The number of carbonyl (C=O) groups excluding carboxylic acids is 1. The summed E-state index contributed by atoms with van der Waals surface area (Å²) in [4.78, 5) is 14.6. The molecule has 2 aromatic rings. The number of aryl methyl sites for hydroxylation is 2. The minimum Gasteiger partial charge on any atom is -0.370 e. The molecule has 1 aromatic carbocycles. The molecule has 0 radical (unpaired) electrons. The van der Waals surface area contributed by atoms with Crippen LogP contribution in [0.25, 0.3) is 0 Å². The van der Waals surface area contributed by atoms with Gasteiger partial charge in [0.15, 0.2) is 0 Å². The number of aromatic nitrogens is 2. The molecule has 1 saturated heterocycles. The summed E-state index contributed by atoms with van der Waals surface area (Å²) < 4.78 is 7.74. The van der Waals surface area contributed by atoms with Crippen molar-refractivity contribution in [2.24, 2.45) is 0 Å². The van der Waals surface area contributed by atoms with Crippen molar-refractivity contribution in [2.45, 2.75) is 38.5 Å². The van der Waals surface area contributed by atoms with Gasteiger partial charge in [-0.3, -0.25) is 4.68 Å². The quantitative estimate of drug-likeness (QED) is 0.934. The minimum absolute atomic E-state index is 0.00196. The summed E-state index contributed by atoms with van der Waals surface area (Å²) in [5.41, 5.74) is 3.63. The first-order valence-corrected chi connectivity index (χ1v) is 9.02. The Labute approximate surface area is 147 Å². The van der Waals surface area contributed by atoms with Gasteiger partial charge < -0.3 is 15.0 Å². The highest BCUT2D eigenvalue weighted by molar-refractivity contribution is 5.75. The predicted octanol–water partition coefficient (Wildman–Crippen LogP) is 2.67. The molecule has 25 heavy (non-hydrogen) atoms. The number of nitrogens with zero attached hydrogens (tertiary/aromatic N) is 3. The molecule has 6 heteroatoms. The van der Waals surface area contributed by atoms with Crippen LogP contribution >= 0.6 is 0 Å². The number of urea groups is 1. The molecule has 2 heterocycles. The van der Waals surface area contributed by atoms with E-state index < -0.39 is 0 Å². The molecular formula is C19H24N4O2. The Bertz CT molecular complexity index is 757. The topological polar surface area (TPSA) is 59.4 Å². The summed E-state index contributed by atoms with van der Waals surface area (Å²) in [6.07, 6.45) is 5.74. The summed E-state index contributed by atoms with van der Waals surface area (Å²) in [6.45, 7) is 4.63. The first kappa shape index (κ1) is 16.1.